The molecular formula is C14H15F3N2. The molecule has 0 bridgehead atoms. The molecule has 1 aromatic heterocycles. The van der Waals surface area contributed by atoms with E-state index in [0.29, 0.717) is 17.2 Å². The molecule has 1 aliphatic carbocycles. The van der Waals surface area contributed by atoms with E-state index in [0.717, 1.165) is 30.1 Å². The highest BCUT2D eigenvalue weighted by molar-refractivity contribution is 5.85. The van der Waals surface area contributed by atoms with Crippen LogP contribution in [-0.4, -0.2) is 18.6 Å². The molecule has 102 valence electrons. The third-order valence-corrected chi connectivity index (χ3v) is 3.83. The number of nitrogens with one attached hydrogen (secondary N) is 2. The number of hydrogen-bond acceptors (Lipinski definition) is 1. The normalized spacial score (nSPS) is 22.9. The molecule has 0 radical (unpaired) electrons. The van der Waals surface area contributed by atoms with E-state index in [9.17, 15) is 13.2 Å². The van der Waals surface area contributed by atoms with Crippen LogP contribution in [0.5, 0.6) is 0 Å². The summed E-state index contributed by atoms with van der Waals surface area (Å²) >= 11 is 0. The van der Waals surface area contributed by atoms with Crippen molar-refractivity contribution in [1.29, 1.82) is 0 Å². The number of rotatable bonds is 3. The number of benzene rings is 1. The average molecular weight is 268 g/mol. The second kappa shape index (κ2) is 4.27. The maximum atomic E-state index is 12.7. The van der Waals surface area contributed by atoms with E-state index in [1.807, 2.05) is 13.2 Å². The van der Waals surface area contributed by atoms with Gasteiger partial charge in [-0.1, -0.05) is 0 Å². The lowest BCUT2D eigenvalue weighted by atomic mass is 10.1. The molecule has 0 saturated heterocycles. The highest BCUT2D eigenvalue weighted by Gasteiger charge is 2.39. The molecule has 2 unspecified atom stereocenters. The van der Waals surface area contributed by atoms with E-state index < -0.39 is 11.7 Å². The first-order chi connectivity index (χ1) is 9.00. The third kappa shape index (κ3) is 2.23. The lowest BCUT2D eigenvalue weighted by molar-refractivity contribution is -0.137. The highest BCUT2D eigenvalue weighted by atomic mass is 19.4. The lowest BCUT2D eigenvalue weighted by Gasteiger charge is -2.07. The predicted octanol–water partition coefficient (Wildman–Crippen LogP) is 3.51. The summed E-state index contributed by atoms with van der Waals surface area (Å²) in [6, 6.07) is 3.90. The topological polar surface area (TPSA) is 27.8 Å². The van der Waals surface area contributed by atoms with Crippen LogP contribution >= 0.6 is 0 Å². The van der Waals surface area contributed by atoms with Crippen LogP contribution in [0.3, 0.4) is 0 Å². The third-order valence-electron chi connectivity index (χ3n) is 3.83. The van der Waals surface area contributed by atoms with E-state index in [-0.39, 0.29) is 0 Å². The molecule has 5 heteroatoms. The Morgan fingerprint density at radius 1 is 1.37 bits per heavy atom. The van der Waals surface area contributed by atoms with Crippen LogP contribution in [-0.2, 0) is 6.18 Å². The Hall–Kier alpha value is -1.49. The van der Waals surface area contributed by atoms with Crippen molar-refractivity contribution in [3.63, 3.8) is 0 Å². The van der Waals surface area contributed by atoms with Gasteiger partial charge in [0.25, 0.3) is 0 Å². The summed E-state index contributed by atoms with van der Waals surface area (Å²) < 4.78 is 38.2. The molecule has 1 saturated carbocycles. The molecule has 2 aromatic rings. The van der Waals surface area contributed by atoms with Gasteiger partial charge in [-0.15, -0.1) is 0 Å². The maximum absolute atomic E-state index is 12.7. The molecule has 2 atom stereocenters. The molecule has 1 aromatic carbocycles. The standard InChI is InChI=1S/C14H15F3N2/c1-18-6-8-4-10(8)12-7-19-13-3-2-9(5-11(12)13)14(15,16)17/h2-3,5,7-8,10,18-19H,4,6H2,1H3. The summed E-state index contributed by atoms with van der Waals surface area (Å²) in [5.41, 5.74) is 1.21. The van der Waals surface area contributed by atoms with Gasteiger partial charge in [-0.05, 0) is 55.6 Å². The summed E-state index contributed by atoms with van der Waals surface area (Å²) in [4.78, 5) is 3.06. The Morgan fingerprint density at radius 2 is 2.16 bits per heavy atom. The van der Waals surface area contributed by atoms with Gasteiger partial charge in [0, 0.05) is 17.1 Å². The van der Waals surface area contributed by atoms with E-state index in [4.69, 9.17) is 0 Å². The van der Waals surface area contributed by atoms with Gasteiger partial charge >= 0.3 is 6.18 Å². The van der Waals surface area contributed by atoms with Gasteiger partial charge in [0.1, 0.15) is 0 Å². The van der Waals surface area contributed by atoms with Crippen molar-refractivity contribution in [2.45, 2.75) is 18.5 Å². The molecule has 19 heavy (non-hydrogen) atoms. The van der Waals surface area contributed by atoms with Crippen molar-refractivity contribution in [3.05, 3.63) is 35.5 Å². The van der Waals surface area contributed by atoms with Crippen molar-refractivity contribution >= 4 is 10.9 Å². The van der Waals surface area contributed by atoms with Gasteiger partial charge < -0.3 is 10.3 Å². The van der Waals surface area contributed by atoms with Crippen molar-refractivity contribution in [2.24, 2.45) is 5.92 Å². The van der Waals surface area contributed by atoms with E-state index in [2.05, 4.69) is 10.3 Å². The number of aromatic amines is 1. The summed E-state index contributed by atoms with van der Waals surface area (Å²) in [6.45, 7) is 0.913. The average Bonchev–Trinajstić information content (AvgIpc) is 2.98. The first kappa shape index (κ1) is 12.5. The minimum atomic E-state index is -4.28. The Bertz CT molecular complexity index is 600. The molecule has 2 N–H and O–H groups in total. The van der Waals surface area contributed by atoms with Crippen LogP contribution in [0.2, 0.25) is 0 Å². The van der Waals surface area contributed by atoms with Crippen molar-refractivity contribution in [2.75, 3.05) is 13.6 Å². The molecule has 3 rings (SSSR count). The Morgan fingerprint density at radius 3 is 2.84 bits per heavy atom. The minimum absolute atomic E-state index is 0.379. The van der Waals surface area contributed by atoms with Gasteiger partial charge in [-0.2, -0.15) is 13.2 Å². The molecule has 1 aliphatic rings. The van der Waals surface area contributed by atoms with E-state index in [1.165, 1.54) is 12.1 Å². The Labute approximate surface area is 109 Å². The smallest absolute Gasteiger partial charge is 0.361 e. The molecule has 1 fully saturated rings. The molecule has 0 spiro atoms. The number of hydrogen-bond donors (Lipinski definition) is 2. The van der Waals surface area contributed by atoms with Crippen molar-refractivity contribution < 1.29 is 13.2 Å². The zero-order valence-corrected chi connectivity index (χ0v) is 10.5. The Kier molecular flexibility index (Phi) is 2.82. The Balaban J connectivity index is 1.98. The highest BCUT2D eigenvalue weighted by Crippen LogP contribution is 2.49. The molecule has 0 amide bonds. The summed E-state index contributed by atoms with van der Waals surface area (Å²) in [7, 11) is 1.90. The van der Waals surface area contributed by atoms with Gasteiger partial charge in [0.15, 0.2) is 0 Å². The van der Waals surface area contributed by atoms with Gasteiger partial charge in [-0.3, -0.25) is 0 Å². The molecule has 0 aliphatic heterocycles. The zero-order valence-electron chi connectivity index (χ0n) is 10.5. The SMILES string of the molecule is CNCC1CC1c1c[nH]c2ccc(C(F)(F)F)cc12. The summed E-state index contributed by atoms with van der Waals surface area (Å²) in [6.07, 6.45) is -1.38. The first-order valence-corrected chi connectivity index (χ1v) is 6.33. The van der Waals surface area contributed by atoms with Crippen LogP contribution in [0.25, 0.3) is 10.9 Å². The van der Waals surface area contributed by atoms with Gasteiger partial charge in [-0.25, -0.2) is 0 Å². The quantitative estimate of drug-likeness (QED) is 0.876. The first-order valence-electron chi connectivity index (χ1n) is 6.33. The monoisotopic (exact) mass is 268 g/mol. The van der Waals surface area contributed by atoms with Crippen LogP contribution in [0, 0.1) is 5.92 Å². The second-order valence-corrected chi connectivity index (χ2v) is 5.16. The van der Waals surface area contributed by atoms with E-state index in [1.54, 1.807) is 0 Å². The fourth-order valence-electron chi connectivity index (χ4n) is 2.74. The fraction of sp³-hybridized carbons (Fsp3) is 0.429. The minimum Gasteiger partial charge on any atom is -0.361 e. The van der Waals surface area contributed by atoms with Gasteiger partial charge in [0.2, 0.25) is 0 Å². The van der Waals surface area contributed by atoms with Gasteiger partial charge in [0.05, 0.1) is 5.56 Å². The molecular weight excluding hydrogens is 253 g/mol. The molecule has 2 nitrogen and oxygen atoms in total. The second-order valence-electron chi connectivity index (χ2n) is 5.16. The number of aromatic nitrogens is 1. The number of fused-ring (bicyclic) bond motifs is 1. The van der Waals surface area contributed by atoms with Crippen LogP contribution in [0.4, 0.5) is 13.2 Å². The number of halogens is 3. The van der Waals surface area contributed by atoms with Crippen LogP contribution in [0.15, 0.2) is 24.4 Å². The maximum Gasteiger partial charge on any atom is 0.416 e. The summed E-state index contributed by atoms with van der Waals surface area (Å²) in [5.74, 6) is 0.920. The van der Waals surface area contributed by atoms with Crippen molar-refractivity contribution in [3.8, 4) is 0 Å². The lowest BCUT2D eigenvalue weighted by Crippen LogP contribution is -2.10. The van der Waals surface area contributed by atoms with E-state index >= 15 is 0 Å². The number of H-pyrrole nitrogens is 1. The summed E-state index contributed by atoms with van der Waals surface area (Å²) in [5, 5.41) is 3.82. The largest absolute Gasteiger partial charge is 0.416 e. The fourth-order valence-corrected chi connectivity index (χ4v) is 2.74. The molecule has 1 heterocycles. The zero-order chi connectivity index (χ0) is 13.6. The van der Waals surface area contributed by atoms with Crippen molar-refractivity contribution in [1.82, 2.24) is 10.3 Å². The van der Waals surface area contributed by atoms with Crippen LogP contribution in [0.1, 0.15) is 23.5 Å². The number of alkyl halides is 3. The van der Waals surface area contributed by atoms with Crippen LogP contribution < -0.4 is 5.32 Å². The predicted molar refractivity (Wildman–Crippen MR) is 68.1 cm³/mol.